The summed E-state index contributed by atoms with van der Waals surface area (Å²) in [4.78, 5) is 11.9. The standard InChI is InChI=1S/C10H19NO2/c1-8(2)9(12)10(13-3)4-6-11-7-5-10/h8,11H,4-7H2,1-3H3. The predicted molar refractivity (Wildman–Crippen MR) is 51.7 cm³/mol. The highest BCUT2D eigenvalue weighted by Crippen LogP contribution is 2.26. The number of carbonyl (C=O) groups excluding carboxylic acids is 1. The minimum Gasteiger partial charge on any atom is -0.370 e. The number of methoxy groups -OCH3 is 1. The molecule has 1 heterocycles. The van der Waals surface area contributed by atoms with Gasteiger partial charge in [-0.05, 0) is 25.9 Å². The van der Waals surface area contributed by atoms with Crippen molar-refractivity contribution in [3.8, 4) is 0 Å². The van der Waals surface area contributed by atoms with Crippen molar-refractivity contribution in [1.29, 1.82) is 0 Å². The number of carbonyl (C=O) groups is 1. The van der Waals surface area contributed by atoms with Crippen molar-refractivity contribution in [1.82, 2.24) is 5.32 Å². The van der Waals surface area contributed by atoms with Crippen LogP contribution in [0.15, 0.2) is 0 Å². The number of hydrogen-bond acceptors (Lipinski definition) is 3. The van der Waals surface area contributed by atoms with Gasteiger partial charge in [0.15, 0.2) is 5.78 Å². The van der Waals surface area contributed by atoms with Crippen LogP contribution < -0.4 is 5.32 Å². The fourth-order valence-corrected chi connectivity index (χ4v) is 1.91. The summed E-state index contributed by atoms with van der Waals surface area (Å²) in [5, 5.41) is 3.24. The zero-order valence-electron chi connectivity index (χ0n) is 8.72. The number of ketones is 1. The second-order valence-corrected chi connectivity index (χ2v) is 3.97. The van der Waals surface area contributed by atoms with Crippen LogP contribution in [0.4, 0.5) is 0 Å². The highest BCUT2D eigenvalue weighted by atomic mass is 16.5. The van der Waals surface area contributed by atoms with Gasteiger partial charge in [0.05, 0.1) is 0 Å². The molecule has 0 aromatic carbocycles. The van der Waals surface area contributed by atoms with Crippen LogP contribution in [0.1, 0.15) is 26.7 Å². The van der Waals surface area contributed by atoms with Crippen molar-refractivity contribution >= 4 is 5.78 Å². The zero-order chi connectivity index (χ0) is 9.90. The van der Waals surface area contributed by atoms with Crippen LogP contribution in [0.2, 0.25) is 0 Å². The lowest BCUT2D eigenvalue weighted by Crippen LogP contribution is -2.50. The molecule has 0 saturated carbocycles. The quantitative estimate of drug-likeness (QED) is 0.712. The van der Waals surface area contributed by atoms with Gasteiger partial charge in [0, 0.05) is 13.0 Å². The average molecular weight is 185 g/mol. The molecule has 1 aliphatic rings. The third-order valence-electron chi connectivity index (χ3n) is 2.78. The molecule has 1 saturated heterocycles. The molecular weight excluding hydrogens is 166 g/mol. The molecule has 0 amide bonds. The maximum atomic E-state index is 11.9. The highest BCUT2D eigenvalue weighted by molar-refractivity contribution is 5.89. The Bertz CT molecular complexity index is 183. The summed E-state index contributed by atoms with van der Waals surface area (Å²) in [5.41, 5.74) is -0.501. The van der Waals surface area contributed by atoms with Gasteiger partial charge in [-0.25, -0.2) is 0 Å². The predicted octanol–water partition coefficient (Wildman–Crippen LogP) is 0.980. The Balaban J connectivity index is 2.72. The molecule has 1 aliphatic heterocycles. The van der Waals surface area contributed by atoms with Crippen LogP contribution in [0.25, 0.3) is 0 Å². The number of hydrogen-bond donors (Lipinski definition) is 1. The first-order valence-electron chi connectivity index (χ1n) is 4.92. The minimum atomic E-state index is -0.501. The summed E-state index contributed by atoms with van der Waals surface area (Å²) in [6.07, 6.45) is 1.61. The third kappa shape index (κ3) is 2.09. The van der Waals surface area contributed by atoms with Gasteiger partial charge in [-0.1, -0.05) is 13.8 Å². The van der Waals surface area contributed by atoms with Crippen molar-refractivity contribution in [2.45, 2.75) is 32.3 Å². The first-order valence-corrected chi connectivity index (χ1v) is 4.92. The molecule has 76 valence electrons. The molecule has 3 heteroatoms. The zero-order valence-corrected chi connectivity index (χ0v) is 8.72. The Hall–Kier alpha value is -0.410. The van der Waals surface area contributed by atoms with E-state index in [0.29, 0.717) is 0 Å². The third-order valence-corrected chi connectivity index (χ3v) is 2.78. The van der Waals surface area contributed by atoms with Crippen molar-refractivity contribution in [2.24, 2.45) is 5.92 Å². The normalized spacial score (nSPS) is 21.8. The van der Waals surface area contributed by atoms with Gasteiger partial charge in [0.2, 0.25) is 0 Å². The van der Waals surface area contributed by atoms with E-state index in [-0.39, 0.29) is 11.7 Å². The molecule has 1 rings (SSSR count). The van der Waals surface area contributed by atoms with E-state index >= 15 is 0 Å². The van der Waals surface area contributed by atoms with Gasteiger partial charge >= 0.3 is 0 Å². The molecule has 1 N–H and O–H groups in total. The first kappa shape index (κ1) is 10.7. The lowest BCUT2D eigenvalue weighted by atomic mass is 9.83. The van der Waals surface area contributed by atoms with Crippen LogP contribution >= 0.6 is 0 Å². The van der Waals surface area contributed by atoms with Crippen LogP contribution in [-0.4, -0.2) is 31.6 Å². The van der Waals surface area contributed by atoms with Crippen LogP contribution in [0, 0.1) is 5.92 Å². The summed E-state index contributed by atoms with van der Waals surface area (Å²) < 4.78 is 5.41. The second kappa shape index (κ2) is 4.20. The number of rotatable bonds is 3. The highest BCUT2D eigenvalue weighted by Gasteiger charge is 2.40. The van der Waals surface area contributed by atoms with Crippen molar-refractivity contribution < 1.29 is 9.53 Å². The summed E-state index contributed by atoms with van der Waals surface area (Å²) >= 11 is 0. The van der Waals surface area contributed by atoms with E-state index in [1.165, 1.54) is 0 Å². The Labute approximate surface area is 79.8 Å². The number of piperidine rings is 1. The molecule has 13 heavy (non-hydrogen) atoms. The Morgan fingerprint density at radius 1 is 1.38 bits per heavy atom. The lowest BCUT2D eigenvalue weighted by Gasteiger charge is -2.36. The fourth-order valence-electron chi connectivity index (χ4n) is 1.91. The van der Waals surface area contributed by atoms with Crippen LogP contribution in [0.5, 0.6) is 0 Å². The molecule has 0 radical (unpaired) electrons. The maximum absolute atomic E-state index is 11.9. The molecule has 0 bridgehead atoms. The molecule has 0 unspecified atom stereocenters. The summed E-state index contributed by atoms with van der Waals surface area (Å²) in [7, 11) is 1.64. The Kier molecular flexibility index (Phi) is 3.45. The van der Waals surface area contributed by atoms with E-state index in [9.17, 15) is 4.79 Å². The fraction of sp³-hybridized carbons (Fsp3) is 0.900. The molecule has 0 aromatic rings. The van der Waals surface area contributed by atoms with E-state index < -0.39 is 5.60 Å². The van der Waals surface area contributed by atoms with E-state index in [2.05, 4.69) is 5.32 Å². The minimum absolute atomic E-state index is 0.0676. The van der Waals surface area contributed by atoms with Gasteiger partial charge in [-0.15, -0.1) is 0 Å². The number of ether oxygens (including phenoxy) is 1. The van der Waals surface area contributed by atoms with Gasteiger partial charge in [0.25, 0.3) is 0 Å². The van der Waals surface area contributed by atoms with E-state index in [0.717, 1.165) is 25.9 Å². The van der Waals surface area contributed by atoms with Crippen molar-refractivity contribution in [3.63, 3.8) is 0 Å². The Morgan fingerprint density at radius 2 is 1.92 bits per heavy atom. The monoisotopic (exact) mass is 185 g/mol. The largest absolute Gasteiger partial charge is 0.370 e. The molecular formula is C10H19NO2. The van der Waals surface area contributed by atoms with Crippen molar-refractivity contribution in [3.05, 3.63) is 0 Å². The second-order valence-electron chi connectivity index (χ2n) is 3.97. The first-order chi connectivity index (χ1) is 6.12. The van der Waals surface area contributed by atoms with Gasteiger partial charge in [0.1, 0.15) is 5.60 Å². The van der Waals surface area contributed by atoms with Gasteiger partial charge in [-0.2, -0.15) is 0 Å². The summed E-state index contributed by atoms with van der Waals surface area (Å²) in [6, 6.07) is 0. The van der Waals surface area contributed by atoms with Crippen molar-refractivity contribution in [2.75, 3.05) is 20.2 Å². The molecule has 0 aromatic heterocycles. The SMILES string of the molecule is COC1(C(=O)C(C)C)CCNCC1. The van der Waals surface area contributed by atoms with Gasteiger partial charge in [-0.3, -0.25) is 4.79 Å². The topological polar surface area (TPSA) is 38.3 Å². The van der Waals surface area contributed by atoms with Crippen LogP contribution in [-0.2, 0) is 9.53 Å². The Morgan fingerprint density at radius 3 is 2.31 bits per heavy atom. The maximum Gasteiger partial charge on any atom is 0.167 e. The number of Topliss-reactive ketones (excluding diaryl/α,β-unsaturated/α-hetero) is 1. The summed E-state index contributed by atoms with van der Waals surface area (Å²) in [6.45, 7) is 5.63. The molecule has 3 nitrogen and oxygen atoms in total. The smallest absolute Gasteiger partial charge is 0.167 e. The van der Waals surface area contributed by atoms with E-state index in [4.69, 9.17) is 4.74 Å². The van der Waals surface area contributed by atoms with Crippen LogP contribution in [0.3, 0.4) is 0 Å². The molecule has 0 atom stereocenters. The number of nitrogens with one attached hydrogen (secondary N) is 1. The van der Waals surface area contributed by atoms with E-state index in [1.807, 2.05) is 13.8 Å². The lowest BCUT2D eigenvalue weighted by molar-refractivity contribution is -0.147. The summed E-state index contributed by atoms with van der Waals surface area (Å²) in [5.74, 6) is 0.314. The van der Waals surface area contributed by atoms with Gasteiger partial charge < -0.3 is 10.1 Å². The van der Waals surface area contributed by atoms with E-state index in [1.54, 1.807) is 7.11 Å². The molecule has 0 spiro atoms. The molecule has 1 fully saturated rings. The average Bonchev–Trinajstić information content (AvgIpc) is 2.17. The molecule has 0 aliphatic carbocycles.